The highest BCUT2D eigenvalue weighted by atomic mass is 19.1. The first kappa shape index (κ1) is 13.9. The van der Waals surface area contributed by atoms with Crippen LogP contribution in [0.2, 0.25) is 0 Å². The van der Waals surface area contributed by atoms with Crippen LogP contribution in [0.15, 0.2) is 18.2 Å². The van der Waals surface area contributed by atoms with Crippen molar-refractivity contribution >= 4 is 5.69 Å². The van der Waals surface area contributed by atoms with Crippen molar-refractivity contribution in [2.24, 2.45) is 17.6 Å². The molecule has 2 saturated carbocycles. The fourth-order valence-electron chi connectivity index (χ4n) is 2.86. The van der Waals surface area contributed by atoms with Crippen molar-refractivity contribution in [1.29, 1.82) is 0 Å². The largest absolute Gasteiger partial charge is 0.371 e. The van der Waals surface area contributed by atoms with Gasteiger partial charge in [-0.25, -0.2) is 4.39 Å². The summed E-state index contributed by atoms with van der Waals surface area (Å²) in [7, 11) is 0. The summed E-state index contributed by atoms with van der Waals surface area (Å²) in [6.45, 7) is 4.13. The van der Waals surface area contributed by atoms with Crippen LogP contribution in [0.1, 0.15) is 38.2 Å². The summed E-state index contributed by atoms with van der Waals surface area (Å²) >= 11 is 0. The molecule has 3 rings (SSSR count). The first-order valence-corrected chi connectivity index (χ1v) is 7.91. The Morgan fingerprint density at radius 2 is 1.80 bits per heavy atom. The summed E-state index contributed by atoms with van der Waals surface area (Å²) in [5, 5.41) is 0. The Balaban J connectivity index is 1.84. The average Bonchev–Trinajstić information content (AvgIpc) is 3.25. The van der Waals surface area contributed by atoms with Crippen molar-refractivity contribution in [2.75, 3.05) is 18.0 Å². The third-order valence-corrected chi connectivity index (χ3v) is 4.31. The maximum Gasteiger partial charge on any atom is 0.128 e. The monoisotopic (exact) mass is 276 g/mol. The Morgan fingerprint density at radius 1 is 1.20 bits per heavy atom. The Morgan fingerprint density at radius 3 is 2.30 bits per heavy atom. The van der Waals surface area contributed by atoms with Gasteiger partial charge in [0.15, 0.2) is 0 Å². The molecule has 0 aliphatic heterocycles. The van der Waals surface area contributed by atoms with Gasteiger partial charge in [-0.05, 0) is 63.0 Å². The second kappa shape index (κ2) is 5.72. The smallest absolute Gasteiger partial charge is 0.128 e. The van der Waals surface area contributed by atoms with Crippen LogP contribution in [0.25, 0.3) is 0 Å². The van der Waals surface area contributed by atoms with Crippen LogP contribution in [0.4, 0.5) is 10.1 Å². The normalized spacial score (nSPS) is 19.9. The number of anilines is 1. The fourth-order valence-corrected chi connectivity index (χ4v) is 2.86. The molecule has 2 fully saturated rings. The van der Waals surface area contributed by atoms with E-state index < -0.39 is 0 Å². The molecule has 0 amide bonds. The number of hydrogen-bond acceptors (Lipinski definition) is 2. The summed E-state index contributed by atoms with van der Waals surface area (Å²) in [4.78, 5) is 2.43. The molecule has 1 unspecified atom stereocenters. The van der Waals surface area contributed by atoms with Crippen LogP contribution >= 0.6 is 0 Å². The summed E-state index contributed by atoms with van der Waals surface area (Å²) in [5.74, 6) is 1.54. The zero-order chi connectivity index (χ0) is 14.1. The Labute approximate surface area is 121 Å². The Hall–Kier alpha value is -1.09. The van der Waals surface area contributed by atoms with Crippen LogP contribution in [0.5, 0.6) is 0 Å². The molecule has 2 aliphatic carbocycles. The van der Waals surface area contributed by atoms with Gasteiger partial charge in [0.25, 0.3) is 0 Å². The van der Waals surface area contributed by atoms with E-state index >= 15 is 0 Å². The summed E-state index contributed by atoms with van der Waals surface area (Å²) in [6, 6.07) is 5.47. The molecule has 1 aromatic rings. The maximum absolute atomic E-state index is 14.2. The van der Waals surface area contributed by atoms with Crippen LogP contribution in [0.3, 0.4) is 0 Å². The lowest BCUT2D eigenvalue weighted by atomic mass is 10.0. The molecule has 0 bridgehead atoms. The van der Waals surface area contributed by atoms with E-state index in [9.17, 15) is 4.39 Å². The minimum Gasteiger partial charge on any atom is -0.371 e. The van der Waals surface area contributed by atoms with E-state index in [1.807, 2.05) is 13.0 Å². The lowest BCUT2D eigenvalue weighted by molar-refractivity contribution is 0.590. The number of benzene rings is 1. The van der Waals surface area contributed by atoms with Crippen LogP contribution < -0.4 is 10.6 Å². The molecular formula is C17H25FN2. The van der Waals surface area contributed by atoms with Crippen molar-refractivity contribution in [1.82, 2.24) is 0 Å². The zero-order valence-electron chi connectivity index (χ0n) is 12.3. The quantitative estimate of drug-likeness (QED) is 0.827. The van der Waals surface area contributed by atoms with Gasteiger partial charge >= 0.3 is 0 Å². The first-order chi connectivity index (χ1) is 9.63. The molecule has 1 atom stereocenters. The van der Waals surface area contributed by atoms with Crippen LogP contribution in [-0.4, -0.2) is 19.1 Å². The molecule has 0 saturated heterocycles. The molecule has 2 nitrogen and oxygen atoms in total. The molecule has 0 heterocycles. The lowest BCUT2D eigenvalue weighted by Gasteiger charge is -2.28. The topological polar surface area (TPSA) is 29.3 Å². The average molecular weight is 276 g/mol. The van der Waals surface area contributed by atoms with E-state index in [2.05, 4.69) is 11.0 Å². The van der Waals surface area contributed by atoms with Crippen molar-refractivity contribution in [3.63, 3.8) is 0 Å². The van der Waals surface area contributed by atoms with Gasteiger partial charge in [0.2, 0.25) is 0 Å². The number of halogens is 1. The molecule has 2 aliphatic rings. The van der Waals surface area contributed by atoms with Gasteiger partial charge in [0, 0.05) is 30.4 Å². The van der Waals surface area contributed by atoms with Crippen molar-refractivity contribution < 1.29 is 4.39 Å². The highest BCUT2D eigenvalue weighted by molar-refractivity contribution is 5.55. The second-order valence-electron chi connectivity index (χ2n) is 6.71. The highest BCUT2D eigenvalue weighted by Crippen LogP contribution is 2.37. The number of rotatable bonds is 7. The number of hydrogen-bond donors (Lipinski definition) is 1. The van der Waals surface area contributed by atoms with Gasteiger partial charge in [-0.3, -0.25) is 0 Å². The van der Waals surface area contributed by atoms with Gasteiger partial charge in [-0.1, -0.05) is 6.07 Å². The molecule has 20 heavy (non-hydrogen) atoms. The summed E-state index contributed by atoms with van der Waals surface area (Å²) < 4.78 is 14.2. The van der Waals surface area contributed by atoms with E-state index in [4.69, 9.17) is 5.73 Å². The Bertz CT molecular complexity index is 450. The highest BCUT2D eigenvalue weighted by Gasteiger charge is 2.30. The maximum atomic E-state index is 14.2. The SMILES string of the molecule is CC(N)Cc1c(F)cccc1N(CC1CC1)CC1CC1. The molecule has 110 valence electrons. The van der Waals surface area contributed by atoms with E-state index in [1.165, 1.54) is 25.7 Å². The van der Waals surface area contributed by atoms with Gasteiger partial charge < -0.3 is 10.6 Å². The van der Waals surface area contributed by atoms with Crippen molar-refractivity contribution in [3.05, 3.63) is 29.6 Å². The van der Waals surface area contributed by atoms with Crippen LogP contribution in [0, 0.1) is 17.7 Å². The molecule has 0 radical (unpaired) electrons. The molecule has 0 aromatic heterocycles. The van der Waals surface area contributed by atoms with Gasteiger partial charge in [-0.2, -0.15) is 0 Å². The number of nitrogens with zero attached hydrogens (tertiary/aromatic N) is 1. The standard InChI is InChI=1S/C17H25FN2/c1-12(19)9-15-16(18)3-2-4-17(15)20(10-13-5-6-13)11-14-7-8-14/h2-4,12-14H,5-11,19H2,1H3. The Kier molecular flexibility index (Phi) is 3.97. The third-order valence-electron chi connectivity index (χ3n) is 4.31. The van der Waals surface area contributed by atoms with Crippen LogP contribution in [-0.2, 0) is 6.42 Å². The molecule has 2 N–H and O–H groups in total. The van der Waals surface area contributed by atoms with Gasteiger partial charge in [0.05, 0.1) is 0 Å². The first-order valence-electron chi connectivity index (χ1n) is 7.91. The lowest BCUT2D eigenvalue weighted by Crippen LogP contribution is -2.30. The van der Waals surface area contributed by atoms with Gasteiger partial charge in [-0.15, -0.1) is 0 Å². The minimum atomic E-state index is -0.101. The van der Waals surface area contributed by atoms with E-state index in [0.29, 0.717) is 6.42 Å². The summed E-state index contributed by atoms with van der Waals surface area (Å²) in [5.41, 5.74) is 7.80. The fraction of sp³-hybridized carbons (Fsp3) is 0.647. The van der Waals surface area contributed by atoms with Gasteiger partial charge in [0.1, 0.15) is 5.82 Å². The molecule has 0 spiro atoms. The summed E-state index contributed by atoms with van der Waals surface area (Å²) in [6.07, 6.45) is 5.95. The van der Waals surface area contributed by atoms with Crippen molar-refractivity contribution in [2.45, 2.75) is 45.1 Å². The predicted molar refractivity (Wildman–Crippen MR) is 81.4 cm³/mol. The molecular weight excluding hydrogens is 251 g/mol. The van der Waals surface area contributed by atoms with E-state index in [0.717, 1.165) is 36.2 Å². The number of nitrogens with two attached hydrogens (primary N) is 1. The zero-order valence-corrected chi connectivity index (χ0v) is 12.3. The third kappa shape index (κ3) is 3.51. The van der Waals surface area contributed by atoms with Crippen molar-refractivity contribution in [3.8, 4) is 0 Å². The van der Waals surface area contributed by atoms with E-state index in [-0.39, 0.29) is 11.9 Å². The van der Waals surface area contributed by atoms with E-state index in [1.54, 1.807) is 6.07 Å². The minimum absolute atomic E-state index is 0.00523. The molecule has 1 aromatic carbocycles. The molecule has 3 heteroatoms. The second-order valence-corrected chi connectivity index (χ2v) is 6.71. The predicted octanol–water partition coefficient (Wildman–Crippen LogP) is 3.34.